The van der Waals surface area contributed by atoms with Crippen molar-refractivity contribution in [1.82, 2.24) is 0 Å². The van der Waals surface area contributed by atoms with E-state index in [1.165, 1.54) is 0 Å². The number of aliphatic hydroxyl groups is 1. The molecule has 0 spiro atoms. The summed E-state index contributed by atoms with van der Waals surface area (Å²) in [6, 6.07) is 9.59. The molecule has 4 heteroatoms. The molecule has 0 aromatic heterocycles. The highest BCUT2D eigenvalue weighted by Crippen LogP contribution is 2.39. The van der Waals surface area contributed by atoms with Crippen molar-refractivity contribution >= 4 is 6.29 Å². The molecule has 1 saturated heterocycles. The van der Waals surface area contributed by atoms with Crippen LogP contribution in [-0.2, 0) is 14.3 Å². The third-order valence-electron chi connectivity index (χ3n) is 2.97. The van der Waals surface area contributed by atoms with Gasteiger partial charge in [0.25, 0.3) is 0 Å². The van der Waals surface area contributed by atoms with Crippen LogP contribution < -0.4 is 0 Å². The van der Waals surface area contributed by atoms with Crippen molar-refractivity contribution in [3.05, 3.63) is 35.9 Å². The van der Waals surface area contributed by atoms with Gasteiger partial charge < -0.3 is 19.4 Å². The Morgan fingerprint density at radius 1 is 1.33 bits per heavy atom. The van der Waals surface area contributed by atoms with Gasteiger partial charge in [0.2, 0.25) is 0 Å². The number of benzene rings is 1. The minimum absolute atomic E-state index is 0.0490. The lowest BCUT2D eigenvalue weighted by Crippen LogP contribution is -2.32. The second-order valence-corrected chi connectivity index (χ2v) is 4.90. The highest BCUT2D eigenvalue weighted by atomic mass is 16.8. The molecule has 4 nitrogen and oxygen atoms in total. The van der Waals surface area contributed by atoms with E-state index in [9.17, 15) is 9.90 Å². The van der Waals surface area contributed by atoms with Crippen LogP contribution in [0.3, 0.4) is 0 Å². The lowest BCUT2D eigenvalue weighted by molar-refractivity contribution is -0.156. The van der Waals surface area contributed by atoms with Crippen molar-refractivity contribution < 1.29 is 19.4 Å². The first-order valence-electron chi connectivity index (χ1n) is 6.06. The van der Waals surface area contributed by atoms with Gasteiger partial charge in [-0.3, -0.25) is 0 Å². The number of ether oxygens (including phenoxy) is 2. The Bertz CT molecular complexity index is 402. The van der Waals surface area contributed by atoms with E-state index < -0.39 is 18.0 Å². The molecule has 0 aliphatic carbocycles. The molecule has 1 heterocycles. The predicted octanol–water partition coefficient (Wildman–Crippen LogP) is 1.83. The zero-order valence-corrected chi connectivity index (χ0v) is 10.6. The lowest BCUT2D eigenvalue weighted by atomic mass is 9.99. The minimum Gasteiger partial charge on any atom is -0.390 e. The van der Waals surface area contributed by atoms with Gasteiger partial charge in [-0.2, -0.15) is 0 Å². The summed E-state index contributed by atoms with van der Waals surface area (Å²) in [7, 11) is 0. The average molecular weight is 250 g/mol. The van der Waals surface area contributed by atoms with Crippen molar-refractivity contribution in [1.29, 1.82) is 0 Å². The molecule has 1 aromatic rings. The van der Waals surface area contributed by atoms with E-state index in [0.29, 0.717) is 6.29 Å². The maximum absolute atomic E-state index is 10.5. The fourth-order valence-electron chi connectivity index (χ4n) is 2.20. The SMILES string of the molecule is CC1(C)O[C@H]([C@H](O)CC=O)[C@@H](c2ccccc2)O1. The van der Waals surface area contributed by atoms with E-state index in [4.69, 9.17) is 9.47 Å². The van der Waals surface area contributed by atoms with Gasteiger partial charge in [0.15, 0.2) is 5.79 Å². The van der Waals surface area contributed by atoms with E-state index in [1.54, 1.807) is 13.8 Å². The molecule has 3 atom stereocenters. The number of rotatable bonds is 4. The minimum atomic E-state index is -0.852. The number of carbonyl (C=O) groups is 1. The third kappa shape index (κ3) is 2.77. The molecule has 1 aliphatic rings. The quantitative estimate of drug-likeness (QED) is 0.828. The van der Waals surface area contributed by atoms with Crippen LogP contribution in [-0.4, -0.2) is 29.4 Å². The summed E-state index contributed by atoms with van der Waals surface area (Å²) >= 11 is 0. The number of hydrogen-bond donors (Lipinski definition) is 1. The average Bonchev–Trinajstić information content (AvgIpc) is 2.67. The molecule has 98 valence electrons. The fourth-order valence-corrected chi connectivity index (χ4v) is 2.20. The van der Waals surface area contributed by atoms with Crippen LogP contribution in [0.1, 0.15) is 31.9 Å². The van der Waals surface area contributed by atoms with Crippen molar-refractivity contribution in [3.8, 4) is 0 Å². The molecule has 1 aliphatic heterocycles. The maximum Gasteiger partial charge on any atom is 0.164 e. The zero-order valence-electron chi connectivity index (χ0n) is 10.6. The number of aliphatic hydroxyl groups excluding tert-OH is 1. The first-order chi connectivity index (χ1) is 8.53. The van der Waals surface area contributed by atoms with Gasteiger partial charge in [-0.1, -0.05) is 30.3 Å². The fraction of sp³-hybridized carbons (Fsp3) is 0.500. The first-order valence-corrected chi connectivity index (χ1v) is 6.06. The van der Waals surface area contributed by atoms with Crippen LogP contribution >= 0.6 is 0 Å². The number of hydrogen-bond acceptors (Lipinski definition) is 4. The summed E-state index contributed by atoms with van der Waals surface area (Å²) in [4.78, 5) is 10.5. The lowest BCUT2D eigenvalue weighted by Gasteiger charge is -2.21. The van der Waals surface area contributed by atoms with Gasteiger partial charge in [-0.25, -0.2) is 0 Å². The first kappa shape index (κ1) is 13.2. The maximum atomic E-state index is 10.5. The van der Waals surface area contributed by atoms with E-state index in [2.05, 4.69) is 0 Å². The smallest absolute Gasteiger partial charge is 0.164 e. The monoisotopic (exact) mass is 250 g/mol. The molecule has 2 rings (SSSR count). The van der Waals surface area contributed by atoms with Crippen LogP contribution in [0.5, 0.6) is 0 Å². The second kappa shape index (κ2) is 5.18. The van der Waals surface area contributed by atoms with Crippen LogP contribution in [0.15, 0.2) is 30.3 Å². The Balaban J connectivity index is 2.23. The highest BCUT2D eigenvalue weighted by molar-refractivity contribution is 5.50. The molecule has 0 radical (unpaired) electrons. The summed E-state index contributed by atoms with van der Waals surface area (Å²) in [5.41, 5.74) is 0.943. The van der Waals surface area contributed by atoms with E-state index in [-0.39, 0.29) is 12.5 Å². The summed E-state index contributed by atoms with van der Waals surface area (Å²) in [5, 5.41) is 9.98. The van der Waals surface area contributed by atoms with Crippen molar-refractivity contribution in [2.75, 3.05) is 0 Å². The van der Waals surface area contributed by atoms with Crippen molar-refractivity contribution in [2.24, 2.45) is 0 Å². The van der Waals surface area contributed by atoms with Gasteiger partial charge in [0.05, 0.1) is 6.10 Å². The molecule has 1 fully saturated rings. The standard InChI is InChI=1S/C14H18O4/c1-14(2)17-12(10-6-4-3-5-7-10)13(18-14)11(16)8-9-15/h3-7,9,11-13,16H,8H2,1-2H3/t11-,12-,13-/m1/s1. The summed E-state index contributed by atoms with van der Waals surface area (Å²) in [5.74, 6) is -0.755. The number of carbonyl (C=O) groups excluding carboxylic acids is 1. The molecular formula is C14H18O4. The van der Waals surface area contributed by atoms with Crippen LogP contribution in [0.25, 0.3) is 0 Å². The predicted molar refractivity (Wildman–Crippen MR) is 65.9 cm³/mol. The highest BCUT2D eigenvalue weighted by Gasteiger charge is 2.45. The molecule has 0 bridgehead atoms. The van der Waals surface area contributed by atoms with Crippen LogP contribution in [0.2, 0.25) is 0 Å². The molecule has 0 amide bonds. The van der Waals surface area contributed by atoms with Crippen LogP contribution in [0, 0.1) is 0 Å². The molecule has 1 N–H and O–H groups in total. The molecule has 0 unspecified atom stereocenters. The van der Waals surface area contributed by atoms with Gasteiger partial charge in [0.1, 0.15) is 18.5 Å². The Morgan fingerprint density at radius 3 is 2.61 bits per heavy atom. The van der Waals surface area contributed by atoms with E-state index in [1.807, 2.05) is 30.3 Å². The Morgan fingerprint density at radius 2 is 2.00 bits per heavy atom. The van der Waals surface area contributed by atoms with Gasteiger partial charge in [-0.15, -0.1) is 0 Å². The summed E-state index contributed by atoms with van der Waals surface area (Å²) in [6.45, 7) is 3.60. The Labute approximate surface area is 107 Å². The second-order valence-electron chi connectivity index (χ2n) is 4.90. The van der Waals surface area contributed by atoms with Crippen molar-refractivity contribution in [2.45, 2.75) is 44.4 Å². The van der Waals surface area contributed by atoms with Crippen LogP contribution in [0.4, 0.5) is 0 Å². The Hall–Kier alpha value is -1.23. The molecule has 1 aromatic carbocycles. The molecule has 0 saturated carbocycles. The normalized spacial score (nSPS) is 27.9. The van der Waals surface area contributed by atoms with Gasteiger partial charge in [-0.05, 0) is 19.4 Å². The zero-order chi connectivity index (χ0) is 13.2. The summed E-state index contributed by atoms with van der Waals surface area (Å²) in [6.07, 6.45) is -0.979. The largest absolute Gasteiger partial charge is 0.390 e. The van der Waals surface area contributed by atoms with Gasteiger partial charge >= 0.3 is 0 Å². The Kier molecular flexibility index (Phi) is 3.80. The topological polar surface area (TPSA) is 55.8 Å². The van der Waals surface area contributed by atoms with E-state index >= 15 is 0 Å². The molecular weight excluding hydrogens is 232 g/mol. The number of aldehydes is 1. The summed E-state index contributed by atoms with van der Waals surface area (Å²) < 4.78 is 11.5. The van der Waals surface area contributed by atoms with Gasteiger partial charge in [0, 0.05) is 6.42 Å². The molecule has 18 heavy (non-hydrogen) atoms. The third-order valence-corrected chi connectivity index (χ3v) is 2.97. The van der Waals surface area contributed by atoms with E-state index in [0.717, 1.165) is 5.56 Å². The van der Waals surface area contributed by atoms with Crippen molar-refractivity contribution in [3.63, 3.8) is 0 Å².